The molecule has 0 spiro atoms. The van der Waals surface area contributed by atoms with Gasteiger partial charge in [-0.2, -0.15) is 8.42 Å². The lowest BCUT2D eigenvalue weighted by Crippen LogP contribution is -2.33. The second kappa shape index (κ2) is 10.4. The van der Waals surface area contributed by atoms with Crippen molar-refractivity contribution in [1.82, 2.24) is 5.32 Å². The number of nitrogens with two attached hydrogens (primary N) is 1. The summed E-state index contributed by atoms with van der Waals surface area (Å²) in [7, 11) is -9.29. The molecule has 0 fully saturated rings. The van der Waals surface area contributed by atoms with Gasteiger partial charge in [0, 0.05) is 29.9 Å². The topological polar surface area (TPSA) is 168 Å². The summed E-state index contributed by atoms with van der Waals surface area (Å²) in [6.07, 6.45) is 1.10. The number of thiocarbonyl (C=S) groups is 1. The highest BCUT2D eigenvalue weighted by atomic mass is 32.2. The fourth-order valence-corrected chi connectivity index (χ4v) is 4.71. The van der Waals surface area contributed by atoms with Crippen molar-refractivity contribution < 1.29 is 26.2 Å². The maximum Gasteiger partial charge on any atom is 0.295 e. The smallest absolute Gasteiger partial charge is 0.295 e. The van der Waals surface area contributed by atoms with Gasteiger partial charge in [0.05, 0.1) is 4.90 Å². The van der Waals surface area contributed by atoms with Crippen molar-refractivity contribution in [1.29, 1.82) is 0 Å². The van der Waals surface area contributed by atoms with Crippen LogP contribution in [0.3, 0.4) is 0 Å². The number of anilines is 2. The number of nitrogens with one attached hydrogen (secondary N) is 3. The Bertz CT molecular complexity index is 1300. The Morgan fingerprint density at radius 1 is 1.03 bits per heavy atom. The number of benzene rings is 2. The summed E-state index contributed by atoms with van der Waals surface area (Å²) in [6.45, 7) is 5.08. The van der Waals surface area contributed by atoms with Gasteiger partial charge in [0.25, 0.3) is 10.1 Å². The molecule has 10 nitrogen and oxygen atoms in total. The Morgan fingerprint density at radius 2 is 1.61 bits per heavy atom. The quantitative estimate of drug-likeness (QED) is 0.212. The van der Waals surface area contributed by atoms with Gasteiger partial charge in [-0.15, -0.1) is 0 Å². The molecule has 2 rings (SSSR count). The summed E-state index contributed by atoms with van der Waals surface area (Å²) in [6, 6.07) is 9.93. The van der Waals surface area contributed by atoms with Crippen LogP contribution in [-0.4, -0.2) is 38.4 Å². The molecule has 0 saturated heterocycles. The molecule has 178 valence electrons. The third-order valence-electron chi connectivity index (χ3n) is 4.04. The minimum atomic E-state index is -4.87. The molecule has 0 unspecified atom stereocenters. The Hall–Kier alpha value is -2.84. The van der Waals surface area contributed by atoms with Crippen LogP contribution in [0.15, 0.2) is 47.4 Å². The molecular weight excluding hydrogens is 488 g/mol. The van der Waals surface area contributed by atoms with Gasteiger partial charge in [0.1, 0.15) is 4.91 Å². The third-order valence-corrected chi connectivity index (χ3v) is 6.10. The molecule has 1 amide bonds. The minimum Gasteiger partial charge on any atom is -0.360 e. The van der Waals surface area contributed by atoms with Crippen LogP contribution in [0, 0.1) is 0 Å². The van der Waals surface area contributed by atoms with E-state index < -0.39 is 35.8 Å². The van der Waals surface area contributed by atoms with E-state index in [0.717, 1.165) is 18.2 Å². The molecule has 0 radical (unpaired) electrons. The van der Waals surface area contributed by atoms with Crippen molar-refractivity contribution in [3.05, 3.63) is 53.6 Å². The first-order valence-electron chi connectivity index (χ1n) is 9.48. The maximum atomic E-state index is 12.1. The van der Waals surface area contributed by atoms with E-state index in [-0.39, 0.29) is 17.3 Å². The largest absolute Gasteiger partial charge is 0.360 e. The van der Waals surface area contributed by atoms with Gasteiger partial charge in [0.15, 0.2) is 5.11 Å². The van der Waals surface area contributed by atoms with Gasteiger partial charge in [-0.1, -0.05) is 18.2 Å². The number of amides is 1. The summed E-state index contributed by atoms with van der Waals surface area (Å²) >= 11 is 5.17. The maximum absolute atomic E-state index is 12.1. The van der Waals surface area contributed by atoms with Gasteiger partial charge in [0.2, 0.25) is 15.9 Å². The summed E-state index contributed by atoms with van der Waals surface area (Å²) < 4.78 is 58.4. The Balaban J connectivity index is 2.53. The van der Waals surface area contributed by atoms with E-state index in [1.54, 1.807) is 24.3 Å². The first-order chi connectivity index (χ1) is 15.2. The van der Waals surface area contributed by atoms with E-state index in [0.29, 0.717) is 16.4 Å². The molecule has 2 aromatic rings. The molecule has 0 aliphatic heterocycles. The predicted octanol–water partition coefficient (Wildman–Crippen LogP) is 2.37. The van der Waals surface area contributed by atoms with Crippen LogP contribution < -0.4 is 21.1 Å². The van der Waals surface area contributed by atoms with Crippen molar-refractivity contribution in [2.45, 2.75) is 31.7 Å². The van der Waals surface area contributed by atoms with Crippen LogP contribution in [-0.2, 0) is 24.9 Å². The highest BCUT2D eigenvalue weighted by molar-refractivity contribution is 7.95. The van der Waals surface area contributed by atoms with Crippen LogP contribution in [0.1, 0.15) is 31.9 Å². The summed E-state index contributed by atoms with van der Waals surface area (Å²) in [5.41, 5.74) is 0.718. The third kappa shape index (κ3) is 7.91. The van der Waals surface area contributed by atoms with Crippen molar-refractivity contribution >= 4 is 65.7 Å². The average molecular weight is 513 g/mol. The van der Waals surface area contributed by atoms with Crippen molar-refractivity contribution in [2.24, 2.45) is 5.14 Å². The molecule has 6 N–H and O–H groups in total. The van der Waals surface area contributed by atoms with E-state index in [1.807, 2.05) is 13.8 Å². The Kier molecular flexibility index (Phi) is 8.32. The zero-order valence-corrected chi connectivity index (χ0v) is 20.4. The van der Waals surface area contributed by atoms with Gasteiger partial charge >= 0.3 is 0 Å². The second-order valence-corrected chi connectivity index (χ2v) is 10.6. The first kappa shape index (κ1) is 26.4. The minimum absolute atomic E-state index is 0.0892. The normalized spacial score (nSPS) is 12.4. The van der Waals surface area contributed by atoms with Gasteiger partial charge in [-0.3, -0.25) is 9.35 Å². The lowest BCUT2D eigenvalue weighted by molar-refractivity contribution is -0.114. The molecule has 0 atom stereocenters. The number of rotatable bonds is 7. The van der Waals surface area contributed by atoms with E-state index >= 15 is 0 Å². The summed E-state index contributed by atoms with van der Waals surface area (Å²) in [4.78, 5) is 10.0. The summed E-state index contributed by atoms with van der Waals surface area (Å²) in [5.74, 6) is -0.467. The molecule has 33 heavy (non-hydrogen) atoms. The molecule has 0 saturated carbocycles. The van der Waals surface area contributed by atoms with Crippen LogP contribution in [0.4, 0.5) is 11.4 Å². The van der Waals surface area contributed by atoms with Crippen LogP contribution in [0.5, 0.6) is 0 Å². The number of carbonyl (C=O) groups is 1. The molecule has 2 aromatic carbocycles. The van der Waals surface area contributed by atoms with Crippen LogP contribution >= 0.6 is 12.2 Å². The number of hydrogen-bond acceptors (Lipinski definition) is 6. The fraction of sp³-hybridized carbons (Fsp3) is 0.200. The lowest BCUT2D eigenvalue weighted by Gasteiger charge is -2.14. The highest BCUT2D eigenvalue weighted by Gasteiger charge is 2.25. The molecule has 0 aliphatic carbocycles. The lowest BCUT2D eigenvalue weighted by atomic mass is 10.1. The Morgan fingerprint density at radius 3 is 2.09 bits per heavy atom. The molecule has 0 bridgehead atoms. The van der Waals surface area contributed by atoms with E-state index in [2.05, 4.69) is 16.0 Å². The Labute approximate surface area is 198 Å². The number of hydrogen-bond donors (Lipinski definition) is 5. The monoisotopic (exact) mass is 512 g/mol. The molecular formula is C20H24N4O6S3. The van der Waals surface area contributed by atoms with Gasteiger partial charge < -0.3 is 16.0 Å². The average Bonchev–Trinajstić information content (AvgIpc) is 2.65. The molecule has 0 aromatic heterocycles. The van der Waals surface area contributed by atoms with E-state index in [9.17, 15) is 26.2 Å². The standard InChI is InChI=1S/C20H24N4O6S3/c1-12(2)22-20(31)24-15-6-4-14(5-7-15)10-19(33(28,29)30)17-9-8-16(23-13(3)25)11-18(17)32(21,26)27/h4-12H,1-3H3,(H,23,25)(H2,21,26,27)(H2,22,24,31)(H,28,29,30)/b19-10+. The number of primary sulfonamides is 1. The van der Waals surface area contributed by atoms with Gasteiger partial charge in [-0.25, -0.2) is 13.6 Å². The second-order valence-electron chi connectivity index (χ2n) is 7.30. The summed E-state index contributed by atoms with van der Waals surface area (Å²) in [5, 5.41) is 14.0. The number of carbonyl (C=O) groups excluding carboxylic acids is 1. The predicted molar refractivity (Wildman–Crippen MR) is 132 cm³/mol. The van der Waals surface area contributed by atoms with E-state index in [1.165, 1.54) is 13.0 Å². The highest BCUT2D eigenvalue weighted by Crippen LogP contribution is 2.31. The molecule has 13 heteroatoms. The van der Waals surface area contributed by atoms with E-state index in [4.69, 9.17) is 17.4 Å². The van der Waals surface area contributed by atoms with Crippen LogP contribution in [0.2, 0.25) is 0 Å². The van der Waals surface area contributed by atoms with Gasteiger partial charge in [-0.05, 0) is 62.0 Å². The zero-order chi connectivity index (χ0) is 25.0. The van der Waals surface area contributed by atoms with Crippen molar-refractivity contribution in [3.8, 4) is 0 Å². The SMILES string of the molecule is CC(=O)Nc1ccc(/C(=C\c2ccc(NC(=S)NC(C)C)cc2)S(=O)(=O)O)c(S(N)(=O)=O)c1. The molecule has 0 aliphatic rings. The van der Waals surface area contributed by atoms with Crippen LogP contribution in [0.25, 0.3) is 11.0 Å². The number of sulfonamides is 1. The van der Waals surface area contributed by atoms with Crippen molar-refractivity contribution in [3.63, 3.8) is 0 Å². The molecule has 0 heterocycles. The first-order valence-corrected chi connectivity index (χ1v) is 12.9. The van der Waals surface area contributed by atoms with Crippen molar-refractivity contribution in [2.75, 3.05) is 10.6 Å². The fourth-order valence-electron chi connectivity index (χ4n) is 2.78. The zero-order valence-electron chi connectivity index (χ0n) is 18.0.